The normalized spacial score (nSPS) is 18.2. The van der Waals surface area contributed by atoms with E-state index >= 15 is 0 Å². The van der Waals surface area contributed by atoms with Crippen molar-refractivity contribution in [3.8, 4) is 11.4 Å². The second-order valence-electron chi connectivity index (χ2n) is 6.33. The highest BCUT2D eigenvalue weighted by Gasteiger charge is 2.33. The Morgan fingerprint density at radius 3 is 2.54 bits per heavy atom. The van der Waals surface area contributed by atoms with Crippen molar-refractivity contribution in [3.63, 3.8) is 0 Å². The molecule has 1 fully saturated rings. The first kappa shape index (κ1) is 18.7. The number of nitrogens with zero attached hydrogens (tertiary/aromatic N) is 5. The number of aromatic nitrogens is 4. The monoisotopic (exact) mass is 401 g/mol. The predicted octanol–water partition coefficient (Wildman–Crippen LogP) is 1.47. The molecule has 10 heteroatoms. The Labute approximate surface area is 162 Å². The second kappa shape index (κ2) is 8.13. The molecule has 28 heavy (non-hydrogen) atoms. The summed E-state index contributed by atoms with van der Waals surface area (Å²) >= 11 is 0. The SMILES string of the molecule is O=S(=O)(CCc1ccncc1)N1CCOC(c2nc(-c3ccncc3)no2)C1. The number of morpholine rings is 1. The first-order chi connectivity index (χ1) is 13.6. The molecule has 0 aromatic carbocycles. The van der Waals surface area contributed by atoms with E-state index in [0.717, 1.165) is 11.1 Å². The van der Waals surface area contributed by atoms with E-state index in [2.05, 4.69) is 20.1 Å². The minimum atomic E-state index is -3.43. The van der Waals surface area contributed by atoms with Crippen LogP contribution in [0.3, 0.4) is 0 Å². The fourth-order valence-corrected chi connectivity index (χ4v) is 4.40. The smallest absolute Gasteiger partial charge is 0.257 e. The van der Waals surface area contributed by atoms with Crippen molar-refractivity contribution in [1.29, 1.82) is 0 Å². The van der Waals surface area contributed by atoms with Gasteiger partial charge < -0.3 is 9.26 Å². The highest BCUT2D eigenvalue weighted by Crippen LogP contribution is 2.25. The lowest BCUT2D eigenvalue weighted by atomic mass is 10.2. The van der Waals surface area contributed by atoms with Crippen LogP contribution in [0.5, 0.6) is 0 Å². The molecular formula is C18H19N5O4S. The van der Waals surface area contributed by atoms with E-state index in [1.807, 2.05) is 12.1 Å². The summed E-state index contributed by atoms with van der Waals surface area (Å²) in [7, 11) is -3.43. The van der Waals surface area contributed by atoms with Gasteiger partial charge in [-0.05, 0) is 36.2 Å². The molecule has 0 radical (unpaired) electrons. The summed E-state index contributed by atoms with van der Waals surface area (Å²) in [6, 6.07) is 7.17. The number of hydrogen-bond acceptors (Lipinski definition) is 8. The van der Waals surface area contributed by atoms with Crippen LogP contribution in [0, 0.1) is 0 Å². The van der Waals surface area contributed by atoms with E-state index in [9.17, 15) is 8.42 Å². The molecule has 1 aliphatic rings. The fourth-order valence-electron chi connectivity index (χ4n) is 2.94. The largest absolute Gasteiger partial charge is 0.366 e. The molecule has 1 atom stereocenters. The maximum Gasteiger partial charge on any atom is 0.257 e. The molecule has 4 heterocycles. The minimum Gasteiger partial charge on any atom is -0.366 e. The Bertz CT molecular complexity index is 1010. The number of sulfonamides is 1. The number of aryl methyl sites for hydroxylation is 1. The van der Waals surface area contributed by atoms with Crippen LogP contribution in [0.25, 0.3) is 11.4 Å². The van der Waals surface area contributed by atoms with Crippen LogP contribution < -0.4 is 0 Å². The van der Waals surface area contributed by atoms with Gasteiger partial charge in [0.2, 0.25) is 15.8 Å². The Morgan fingerprint density at radius 2 is 1.79 bits per heavy atom. The third kappa shape index (κ3) is 4.24. The van der Waals surface area contributed by atoms with Gasteiger partial charge in [-0.2, -0.15) is 9.29 Å². The zero-order valence-electron chi connectivity index (χ0n) is 15.0. The lowest BCUT2D eigenvalue weighted by Gasteiger charge is -2.30. The summed E-state index contributed by atoms with van der Waals surface area (Å²) in [4.78, 5) is 12.3. The van der Waals surface area contributed by atoms with E-state index in [4.69, 9.17) is 9.26 Å². The van der Waals surface area contributed by atoms with E-state index in [0.29, 0.717) is 18.8 Å². The average Bonchev–Trinajstić information content (AvgIpc) is 3.24. The molecule has 1 saturated heterocycles. The summed E-state index contributed by atoms with van der Waals surface area (Å²) in [5.41, 5.74) is 1.70. The van der Waals surface area contributed by atoms with Crippen LogP contribution in [-0.4, -0.2) is 58.3 Å². The molecule has 0 amide bonds. The van der Waals surface area contributed by atoms with Crippen LogP contribution in [0.2, 0.25) is 0 Å². The van der Waals surface area contributed by atoms with Crippen LogP contribution in [0.4, 0.5) is 0 Å². The molecule has 4 rings (SSSR count). The highest BCUT2D eigenvalue weighted by atomic mass is 32.2. The summed E-state index contributed by atoms with van der Waals surface area (Å²) in [5.74, 6) is 0.704. The predicted molar refractivity (Wildman–Crippen MR) is 99.5 cm³/mol. The Kier molecular flexibility index (Phi) is 5.42. The van der Waals surface area contributed by atoms with Gasteiger partial charge in [0.15, 0.2) is 6.10 Å². The van der Waals surface area contributed by atoms with Crippen molar-refractivity contribution in [2.75, 3.05) is 25.4 Å². The van der Waals surface area contributed by atoms with Crippen molar-refractivity contribution in [2.24, 2.45) is 0 Å². The lowest BCUT2D eigenvalue weighted by molar-refractivity contribution is -0.0199. The molecule has 1 aliphatic heterocycles. The van der Waals surface area contributed by atoms with Crippen molar-refractivity contribution in [2.45, 2.75) is 12.5 Å². The first-order valence-electron chi connectivity index (χ1n) is 8.84. The standard InChI is InChI=1S/C18H19N5O4S/c24-28(25,12-5-14-1-6-19-7-2-14)23-10-11-26-16(13-23)18-21-17(22-27-18)15-3-8-20-9-4-15/h1-4,6-9,16H,5,10-13H2. The Balaban J connectivity index is 1.43. The van der Waals surface area contributed by atoms with Crippen molar-refractivity contribution in [1.82, 2.24) is 24.4 Å². The van der Waals surface area contributed by atoms with Gasteiger partial charge in [-0.3, -0.25) is 9.97 Å². The van der Waals surface area contributed by atoms with Gasteiger partial charge >= 0.3 is 0 Å². The van der Waals surface area contributed by atoms with Gasteiger partial charge in [0.1, 0.15) is 0 Å². The molecule has 0 bridgehead atoms. The molecule has 3 aromatic rings. The number of ether oxygens (including phenoxy) is 1. The molecule has 0 saturated carbocycles. The van der Waals surface area contributed by atoms with Crippen LogP contribution >= 0.6 is 0 Å². The first-order valence-corrected chi connectivity index (χ1v) is 10.4. The average molecular weight is 401 g/mol. The zero-order chi connectivity index (χ0) is 19.4. The molecule has 9 nitrogen and oxygen atoms in total. The van der Waals surface area contributed by atoms with Crippen LogP contribution in [0.1, 0.15) is 17.6 Å². The van der Waals surface area contributed by atoms with Crippen molar-refractivity contribution < 1.29 is 17.7 Å². The molecule has 3 aromatic heterocycles. The van der Waals surface area contributed by atoms with E-state index in [1.54, 1.807) is 36.9 Å². The second-order valence-corrected chi connectivity index (χ2v) is 8.42. The van der Waals surface area contributed by atoms with Gasteiger partial charge in [-0.1, -0.05) is 5.16 Å². The topological polar surface area (TPSA) is 111 Å². The Morgan fingerprint density at radius 1 is 1.07 bits per heavy atom. The van der Waals surface area contributed by atoms with Gasteiger partial charge in [0.25, 0.3) is 5.89 Å². The van der Waals surface area contributed by atoms with Crippen molar-refractivity contribution >= 4 is 10.0 Å². The summed E-state index contributed by atoms with van der Waals surface area (Å²) in [5, 5.41) is 3.96. The maximum atomic E-state index is 12.7. The third-order valence-corrected chi connectivity index (χ3v) is 6.31. The Hall–Kier alpha value is -2.69. The molecule has 0 N–H and O–H groups in total. The van der Waals surface area contributed by atoms with Crippen LogP contribution in [0.15, 0.2) is 53.6 Å². The van der Waals surface area contributed by atoms with Gasteiger partial charge in [0.05, 0.1) is 12.4 Å². The maximum absolute atomic E-state index is 12.7. The molecular weight excluding hydrogens is 382 g/mol. The summed E-state index contributed by atoms with van der Waals surface area (Å²) < 4.78 is 37.9. The molecule has 0 spiro atoms. The summed E-state index contributed by atoms with van der Waals surface area (Å²) in [6.45, 7) is 0.726. The van der Waals surface area contributed by atoms with Gasteiger partial charge in [0, 0.05) is 43.4 Å². The van der Waals surface area contributed by atoms with Gasteiger partial charge in [-0.25, -0.2) is 8.42 Å². The quantitative estimate of drug-likeness (QED) is 0.610. The number of pyridine rings is 2. The van der Waals surface area contributed by atoms with Crippen LogP contribution in [-0.2, 0) is 21.2 Å². The number of rotatable bonds is 6. The summed E-state index contributed by atoms with van der Waals surface area (Å²) in [6.07, 6.45) is 6.43. The lowest BCUT2D eigenvalue weighted by Crippen LogP contribution is -2.43. The van der Waals surface area contributed by atoms with E-state index < -0.39 is 16.1 Å². The highest BCUT2D eigenvalue weighted by molar-refractivity contribution is 7.89. The molecule has 1 unspecified atom stereocenters. The van der Waals surface area contributed by atoms with Gasteiger partial charge in [-0.15, -0.1) is 0 Å². The number of hydrogen-bond donors (Lipinski definition) is 0. The fraction of sp³-hybridized carbons (Fsp3) is 0.333. The van der Waals surface area contributed by atoms with Crippen molar-refractivity contribution in [3.05, 3.63) is 60.5 Å². The zero-order valence-corrected chi connectivity index (χ0v) is 15.8. The third-order valence-electron chi connectivity index (χ3n) is 4.48. The minimum absolute atomic E-state index is 0.0236. The molecule has 146 valence electrons. The van der Waals surface area contributed by atoms with E-state index in [-0.39, 0.29) is 24.8 Å². The molecule has 0 aliphatic carbocycles. The van der Waals surface area contributed by atoms with E-state index in [1.165, 1.54) is 4.31 Å².